The molecule has 0 radical (unpaired) electrons. The van der Waals surface area contributed by atoms with Crippen LogP contribution in [-0.2, 0) is 11.3 Å². The zero-order valence-corrected chi connectivity index (χ0v) is 11.9. The third-order valence-electron chi connectivity index (χ3n) is 4.11. The van der Waals surface area contributed by atoms with Crippen molar-refractivity contribution in [2.24, 2.45) is 5.92 Å². The molecule has 1 saturated carbocycles. The van der Waals surface area contributed by atoms with E-state index in [0.717, 1.165) is 12.8 Å². The minimum absolute atomic E-state index is 0.360. The van der Waals surface area contributed by atoms with E-state index in [1.54, 1.807) is 10.9 Å². The molecule has 1 aliphatic carbocycles. The van der Waals surface area contributed by atoms with Crippen molar-refractivity contribution in [2.45, 2.75) is 51.6 Å². The second-order valence-corrected chi connectivity index (χ2v) is 5.61. The molecule has 2 N–H and O–H groups in total. The molecule has 1 amide bonds. The third-order valence-corrected chi connectivity index (χ3v) is 4.11. The molecule has 0 unspecified atom stereocenters. The molecule has 0 spiro atoms. The number of rotatable bonds is 4. The Kier molecular flexibility index (Phi) is 4.11. The Morgan fingerprint density at radius 3 is 2.65 bits per heavy atom. The summed E-state index contributed by atoms with van der Waals surface area (Å²) in [7, 11) is 0. The smallest absolute Gasteiger partial charge is 0.329 e. The fourth-order valence-electron chi connectivity index (χ4n) is 2.59. The van der Waals surface area contributed by atoms with Gasteiger partial charge in [0.2, 0.25) is 0 Å². The normalized spacial score (nSPS) is 26.2. The number of amides is 1. The quantitative estimate of drug-likeness (QED) is 0.878. The van der Waals surface area contributed by atoms with Gasteiger partial charge >= 0.3 is 5.97 Å². The first kappa shape index (κ1) is 14.6. The second-order valence-electron chi connectivity index (χ2n) is 5.61. The van der Waals surface area contributed by atoms with Crippen LogP contribution in [0.15, 0.2) is 12.4 Å². The largest absolute Gasteiger partial charge is 0.480 e. The van der Waals surface area contributed by atoms with Gasteiger partial charge < -0.3 is 10.4 Å². The summed E-state index contributed by atoms with van der Waals surface area (Å²) in [6.07, 6.45) is 5.71. The van der Waals surface area contributed by atoms with Crippen molar-refractivity contribution in [2.75, 3.05) is 0 Å². The molecule has 1 aromatic rings. The van der Waals surface area contributed by atoms with Gasteiger partial charge in [-0.1, -0.05) is 6.92 Å². The monoisotopic (exact) mass is 279 g/mol. The van der Waals surface area contributed by atoms with E-state index < -0.39 is 11.5 Å². The predicted molar refractivity (Wildman–Crippen MR) is 73.4 cm³/mol. The van der Waals surface area contributed by atoms with Gasteiger partial charge in [-0.15, -0.1) is 0 Å². The maximum atomic E-state index is 12.2. The summed E-state index contributed by atoms with van der Waals surface area (Å²) in [5.41, 5.74) is -0.719. The summed E-state index contributed by atoms with van der Waals surface area (Å²) in [6.45, 7) is 4.71. The van der Waals surface area contributed by atoms with Crippen LogP contribution < -0.4 is 5.32 Å². The van der Waals surface area contributed by atoms with Crippen molar-refractivity contribution >= 4 is 11.9 Å². The molecule has 20 heavy (non-hydrogen) atoms. The molecular formula is C14H21N3O3. The fourth-order valence-corrected chi connectivity index (χ4v) is 2.59. The van der Waals surface area contributed by atoms with Crippen molar-refractivity contribution < 1.29 is 14.7 Å². The molecule has 1 aliphatic rings. The molecule has 1 fully saturated rings. The van der Waals surface area contributed by atoms with Gasteiger partial charge in [0, 0.05) is 12.7 Å². The number of carbonyl (C=O) groups is 2. The van der Waals surface area contributed by atoms with Crippen LogP contribution in [0.4, 0.5) is 0 Å². The van der Waals surface area contributed by atoms with E-state index in [-0.39, 0.29) is 5.91 Å². The summed E-state index contributed by atoms with van der Waals surface area (Å²) < 4.78 is 1.64. The highest BCUT2D eigenvalue weighted by Gasteiger charge is 2.42. The molecule has 0 atom stereocenters. The topological polar surface area (TPSA) is 84.2 Å². The molecular weight excluding hydrogens is 258 g/mol. The Morgan fingerprint density at radius 2 is 2.15 bits per heavy atom. The molecule has 110 valence electrons. The number of hydrogen-bond acceptors (Lipinski definition) is 3. The van der Waals surface area contributed by atoms with Crippen LogP contribution in [0.3, 0.4) is 0 Å². The summed E-state index contributed by atoms with van der Waals surface area (Å²) >= 11 is 0. The third kappa shape index (κ3) is 2.84. The molecule has 0 saturated heterocycles. The number of carboxylic acids is 1. The Morgan fingerprint density at radius 1 is 1.50 bits per heavy atom. The van der Waals surface area contributed by atoms with Crippen molar-refractivity contribution in [1.29, 1.82) is 0 Å². The standard InChI is InChI=1S/C14H21N3O3/c1-3-17-9-11(8-15-17)12(18)16-14(13(19)20)6-4-10(2)5-7-14/h8-10H,3-7H2,1-2H3,(H,16,18)(H,19,20). The van der Waals surface area contributed by atoms with Crippen molar-refractivity contribution in [3.05, 3.63) is 18.0 Å². The molecule has 0 bridgehead atoms. The SMILES string of the molecule is CCn1cc(C(=O)NC2(C(=O)O)CCC(C)CC2)cn1. The molecule has 6 nitrogen and oxygen atoms in total. The van der Waals surface area contributed by atoms with Gasteiger partial charge in [0.05, 0.1) is 11.8 Å². The fraction of sp³-hybridized carbons (Fsp3) is 0.643. The lowest BCUT2D eigenvalue weighted by Crippen LogP contribution is -2.56. The van der Waals surface area contributed by atoms with Crippen LogP contribution in [0.5, 0.6) is 0 Å². The number of aliphatic carboxylic acids is 1. The highest BCUT2D eigenvalue weighted by molar-refractivity contribution is 5.97. The van der Waals surface area contributed by atoms with E-state index in [0.29, 0.717) is 30.9 Å². The lowest BCUT2D eigenvalue weighted by molar-refractivity contribution is -0.146. The van der Waals surface area contributed by atoms with Crippen molar-refractivity contribution in [1.82, 2.24) is 15.1 Å². The van der Waals surface area contributed by atoms with Gasteiger partial charge in [-0.3, -0.25) is 9.48 Å². The average molecular weight is 279 g/mol. The number of nitrogens with zero attached hydrogens (tertiary/aromatic N) is 2. The van der Waals surface area contributed by atoms with Crippen LogP contribution in [-0.4, -0.2) is 32.3 Å². The molecule has 0 aliphatic heterocycles. The minimum atomic E-state index is -1.13. The van der Waals surface area contributed by atoms with Crippen LogP contribution in [0, 0.1) is 5.92 Å². The summed E-state index contributed by atoms with van der Waals surface area (Å²) in [6, 6.07) is 0. The first-order valence-electron chi connectivity index (χ1n) is 7.05. The minimum Gasteiger partial charge on any atom is -0.480 e. The van der Waals surface area contributed by atoms with E-state index in [4.69, 9.17) is 0 Å². The second kappa shape index (κ2) is 5.64. The summed E-state index contributed by atoms with van der Waals surface area (Å²) in [5.74, 6) is -0.787. The Labute approximate surface area is 118 Å². The number of aryl methyl sites for hydroxylation is 1. The van der Waals surface area contributed by atoms with Crippen LogP contribution in [0.2, 0.25) is 0 Å². The van der Waals surface area contributed by atoms with Gasteiger partial charge in [0.1, 0.15) is 5.54 Å². The molecule has 1 heterocycles. The number of carboxylic acid groups (broad SMARTS) is 1. The van der Waals surface area contributed by atoms with E-state index in [1.165, 1.54) is 6.20 Å². The molecule has 2 rings (SSSR count). The van der Waals surface area contributed by atoms with Crippen LogP contribution in [0.25, 0.3) is 0 Å². The lowest BCUT2D eigenvalue weighted by Gasteiger charge is -2.36. The number of carbonyl (C=O) groups excluding carboxylic acids is 1. The highest BCUT2D eigenvalue weighted by atomic mass is 16.4. The first-order valence-corrected chi connectivity index (χ1v) is 7.05. The van der Waals surface area contributed by atoms with Gasteiger partial charge in [0.15, 0.2) is 0 Å². The van der Waals surface area contributed by atoms with Gasteiger partial charge in [-0.2, -0.15) is 5.10 Å². The maximum absolute atomic E-state index is 12.2. The summed E-state index contributed by atoms with van der Waals surface area (Å²) in [4.78, 5) is 23.8. The van der Waals surface area contributed by atoms with Gasteiger partial charge in [0.25, 0.3) is 5.91 Å². The Bertz CT molecular complexity index is 502. The molecule has 1 aromatic heterocycles. The number of hydrogen-bond donors (Lipinski definition) is 2. The number of aromatic nitrogens is 2. The summed E-state index contributed by atoms with van der Waals surface area (Å²) in [5, 5.41) is 16.2. The highest BCUT2D eigenvalue weighted by Crippen LogP contribution is 2.32. The Hall–Kier alpha value is -1.85. The van der Waals surface area contributed by atoms with Crippen LogP contribution in [0.1, 0.15) is 49.9 Å². The maximum Gasteiger partial charge on any atom is 0.329 e. The first-order chi connectivity index (χ1) is 9.47. The Balaban J connectivity index is 2.12. The van der Waals surface area contributed by atoms with E-state index in [9.17, 15) is 14.7 Å². The molecule has 6 heteroatoms. The van der Waals surface area contributed by atoms with E-state index in [2.05, 4.69) is 17.3 Å². The molecule has 0 aromatic carbocycles. The lowest BCUT2D eigenvalue weighted by atomic mass is 9.77. The van der Waals surface area contributed by atoms with Crippen molar-refractivity contribution in [3.63, 3.8) is 0 Å². The van der Waals surface area contributed by atoms with Gasteiger partial charge in [-0.25, -0.2) is 4.79 Å². The average Bonchev–Trinajstić information content (AvgIpc) is 2.90. The van der Waals surface area contributed by atoms with E-state index in [1.807, 2.05) is 6.92 Å². The predicted octanol–water partition coefficient (Wildman–Crippen LogP) is 1.67. The number of nitrogens with one attached hydrogen (secondary N) is 1. The van der Waals surface area contributed by atoms with Crippen LogP contribution >= 0.6 is 0 Å². The van der Waals surface area contributed by atoms with Gasteiger partial charge in [-0.05, 0) is 38.5 Å². The van der Waals surface area contributed by atoms with Crippen molar-refractivity contribution in [3.8, 4) is 0 Å². The zero-order valence-electron chi connectivity index (χ0n) is 11.9. The van der Waals surface area contributed by atoms with E-state index >= 15 is 0 Å². The zero-order chi connectivity index (χ0) is 14.8.